The van der Waals surface area contributed by atoms with Crippen molar-refractivity contribution >= 4 is 8.07 Å². The van der Waals surface area contributed by atoms with Gasteiger partial charge in [-0.05, 0) is 102 Å². The van der Waals surface area contributed by atoms with Crippen LogP contribution in [0.5, 0.6) is 11.5 Å². The number of rotatable bonds is 9. The molecule has 0 saturated heterocycles. The van der Waals surface area contributed by atoms with Crippen LogP contribution in [0.25, 0.3) is 0 Å². The second-order valence-electron chi connectivity index (χ2n) is 11.6. The Kier molecular flexibility index (Phi) is 10.8. The average Bonchev–Trinajstić information content (AvgIpc) is 3.78. The van der Waals surface area contributed by atoms with Crippen molar-refractivity contribution in [1.82, 2.24) is 0 Å². The number of hydrogen-bond donors (Lipinski definition) is 0. The summed E-state index contributed by atoms with van der Waals surface area (Å²) in [4.78, 5) is 0. The zero-order valence-electron chi connectivity index (χ0n) is 24.2. The molecule has 2 fully saturated rings. The quantitative estimate of drug-likeness (QED) is 0.169. The largest absolute Gasteiger partial charge is 0.435 e. The summed E-state index contributed by atoms with van der Waals surface area (Å²) in [6.07, 6.45) is 9.38. The molecule has 7 heteroatoms. The van der Waals surface area contributed by atoms with Gasteiger partial charge in [-0.3, -0.25) is 0 Å². The second kappa shape index (κ2) is 13.6. The lowest BCUT2D eigenvalue weighted by molar-refractivity contribution is -0.0511. The van der Waals surface area contributed by atoms with Crippen LogP contribution in [0.2, 0.25) is 16.6 Å². The monoisotopic (exact) mass is 572 g/mol. The van der Waals surface area contributed by atoms with Gasteiger partial charge < -0.3 is 9.47 Å². The van der Waals surface area contributed by atoms with Gasteiger partial charge in [0.25, 0.3) is 0 Å². The first-order valence-corrected chi connectivity index (χ1v) is 16.3. The molecule has 0 unspecified atom stereocenters. The molecule has 216 valence electrons. The van der Waals surface area contributed by atoms with Gasteiger partial charge in [0.2, 0.25) is 0 Å². The standard InChI is InChI=1S/C21H30F2OSi.C12H10F2O/c1-14(2)25(15(3)4,16(5)6)12-11-17-7-10-20(24-21(22)23)19(13-17)18-8-9-18;1-2-8-3-6-11(15-12(13)14)10(7-8)9-4-5-9/h7,10,13-16,18,21H,8-9H2,1-6H3;1,3,6-7,9,12H,4-5H2. The molecule has 2 nitrogen and oxygen atoms in total. The minimum absolute atomic E-state index is 0.256. The van der Waals surface area contributed by atoms with E-state index in [0.29, 0.717) is 39.8 Å². The summed E-state index contributed by atoms with van der Waals surface area (Å²) in [5.74, 6) is 7.14. The molecule has 2 aliphatic rings. The minimum atomic E-state index is -2.78. The molecule has 0 spiro atoms. The Morgan fingerprint density at radius 2 is 1.10 bits per heavy atom. The number of benzene rings is 2. The number of ether oxygens (including phenoxy) is 2. The van der Waals surface area contributed by atoms with Crippen LogP contribution in [0.3, 0.4) is 0 Å². The van der Waals surface area contributed by atoms with E-state index in [1.807, 2.05) is 12.1 Å². The predicted molar refractivity (Wildman–Crippen MR) is 156 cm³/mol. The van der Waals surface area contributed by atoms with E-state index in [0.717, 1.165) is 42.4 Å². The van der Waals surface area contributed by atoms with Crippen molar-refractivity contribution in [2.45, 2.75) is 109 Å². The first kappa shape index (κ1) is 31.6. The van der Waals surface area contributed by atoms with E-state index in [4.69, 9.17) is 6.42 Å². The Hall–Kier alpha value is -2.90. The molecule has 0 radical (unpaired) electrons. The maximum Gasteiger partial charge on any atom is 0.387 e. The third-order valence-electron chi connectivity index (χ3n) is 7.94. The van der Waals surface area contributed by atoms with Crippen molar-refractivity contribution in [2.75, 3.05) is 0 Å². The third kappa shape index (κ3) is 8.07. The van der Waals surface area contributed by atoms with Crippen LogP contribution >= 0.6 is 0 Å². The minimum Gasteiger partial charge on any atom is -0.435 e. The van der Waals surface area contributed by atoms with Crippen LogP contribution in [0, 0.1) is 23.8 Å². The topological polar surface area (TPSA) is 18.5 Å². The number of hydrogen-bond acceptors (Lipinski definition) is 2. The Balaban J connectivity index is 0.000000249. The number of terminal acetylenes is 1. The van der Waals surface area contributed by atoms with Crippen LogP contribution in [-0.4, -0.2) is 21.3 Å². The van der Waals surface area contributed by atoms with Crippen molar-refractivity contribution in [3.8, 4) is 35.3 Å². The van der Waals surface area contributed by atoms with E-state index in [9.17, 15) is 17.6 Å². The fraction of sp³-hybridized carbons (Fsp3) is 0.515. The molecule has 0 amide bonds. The molecular weight excluding hydrogens is 532 g/mol. The Morgan fingerprint density at radius 3 is 1.45 bits per heavy atom. The molecule has 2 aromatic carbocycles. The predicted octanol–water partition coefficient (Wildman–Crippen LogP) is 9.88. The van der Waals surface area contributed by atoms with Crippen LogP contribution in [0.4, 0.5) is 17.6 Å². The van der Waals surface area contributed by atoms with Crippen molar-refractivity contribution in [3.05, 3.63) is 58.7 Å². The zero-order chi connectivity index (χ0) is 29.6. The van der Waals surface area contributed by atoms with Gasteiger partial charge in [0.05, 0.1) is 0 Å². The molecule has 2 aromatic rings. The van der Waals surface area contributed by atoms with E-state index >= 15 is 0 Å². The van der Waals surface area contributed by atoms with Crippen LogP contribution in [0.1, 0.15) is 101 Å². The van der Waals surface area contributed by atoms with E-state index < -0.39 is 21.3 Å². The number of halogens is 4. The summed E-state index contributed by atoms with van der Waals surface area (Å²) in [5, 5.41) is 0. The molecule has 0 heterocycles. The lowest BCUT2D eigenvalue weighted by atomic mass is 10.1. The van der Waals surface area contributed by atoms with Crippen LogP contribution < -0.4 is 9.47 Å². The van der Waals surface area contributed by atoms with Gasteiger partial charge >= 0.3 is 13.2 Å². The molecular formula is C33H40F4O2Si. The summed E-state index contributed by atoms with van der Waals surface area (Å²) in [6.45, 7) is 8.17. The molecule has 0 bridgehead atoms. The smallest absolute Gasteiger partial charge is 0.387 e. The molecule has 0 aliphatic heterocycles. The lowest BCUT2D eigenvalue weighted by Crippen LogP contribution is -2.43. The summed E-state index contributed by atoms with van der Waals surface area (Å²) in [6, 6.07) is 10.3. The molecule has 0 aromatic heterocycles. The maximum absolute atomic E-state index is 12.6. The van der Waals surface area contributed by atoms with Gasteiger partial charge in [0, 0.05) is 11.1 Å². The fourth-order valence-electron chi connectivity index (χ4n) is 5.71. The maximum atomic E-state index is 12.6. The Morgan fingerprint density at radius 1 is 0.700 bits per heavy atom. The summed E-state index contributed by atoms with van der Waals surface area (Å²) in [5.41, 5.74) is 8.74. The highest BCUT2D eigenvalue weighted by atomic mass is 28.3. The molecule has 2 saturated carbocycles. The first-order chi connectivity index (χ1) is 18.9. The highest BCUT2D eigenvalue weighted by molar-refractivity contribution is 6.90. The molecule has 0 N–H and O–H groups in total. The van der Waals surface area contributed by atoms with Crippen molar-refractivity contribution < 1.29 is 27.0 Å². The highest BCUT2D eigenvalue weighted by Gasteiger charge is 2.41. The van der Waals surface area contributed by atoms with Crippen molar-refractivity contribution in [1.29, 1.82) is 0 Å². The van der Waals surface area contributed by atoms with Gasteiger partial charge in [0.15, 0.2) is 0 Å². The van der Waals surface area contributed by atoms with E-state index in [1.54, 1.807) is 18.2 Å². The second-order valence-corrected chi connectivity index (χ2v) is 17.2. The normalized spacial score (nSPS) is 15.1. The van der Waals surface area contributed by atoms with Gasteiger partial charge in [-0.15, -0.1) is 12.0 Å². The van der Waals surface area contributed by atoms with Gasteiger partial charge in [-0.2, -0.15) is 17.6 Å². The number of alkyl halides is 4. The Labute approximate surface area is 237 Å². The van der Waals surface area contributed by atoms with E-state index in [1.165, 1.54) is 6.07 Å². The van der Waals surface area contributed by atoms with Crippen molar-refractivity contribution in [3.63, 3.8) is 0 Å². The highest BCUT2D eigenvalue weighted by Crippen LogP contribution is 2.46. The van der Waals surface area contributed by atoms with E-state index in [2.05, 4.69) is 68.4 Å². The molecule has 2 aliphatic carbocycles. The summed E-state index contributed by atoms with van der Waals surface area (Å²) in [7, 11) is -1.79. The average molecular weight is 573 g/mol. The molecule has 4 rings (SSSR count). The Bertz CT molecular complexity index is 1220. The van der Waals surface area contributed by atoms with Gasteiger partial charge in [-0.25, -0.2) is 0 Å². The molecule has 40 heavy (non-hydrogen) atoms. The zero-order valence-corrected chi connectivity index (χ0v) is 25.2. The molecule has 0 atom stereocenters. The summed E-state index contributed by atoms with van der Waals surface area (Å²) >= 11 is 0. The third-order valence-corrected chi connectivity index (χ3v) is 14.2. The van der Waals surface area contributed by atoms with Gasteiger partial charge in [-0.1, -0.05) is 53.4 Å². The first-order valence-electron chi connectivity index (χ1n) is 14.1. The van der Waals surface area contributed by atoms with Crippen LogP contribution in [0.15, 0.2) is 36.4 Å². The van der Waals surface area contributed by atoms with Gasteiger partial charge in [0.1, 0.15) is 19.6 Å². The lowest BCUT2D eigenvalue weighted by Gasteiger charge is -2.38. The fourth-order valence-corrected chi connectivity index (χ4v) is 10.9. The summed E-state index contributed by atoms with van der Waals surface area (Å²) < 4.78 is 58.6. The van der Waals surface area contributed by atoms with E-state index in [-0.39, 0.29) is 5.75 Å². The van der Waals surface area contributed by atoms with Crippen molar-refractivity contribution in [2.24, 2.45) is 0 Å². The SMILES string of the molecule is C#Cc1ccc(OC(F)F)c(C2CC2)c1.CC(C)[Si](C#Cc1ccc(OC(F)F)c(C2CC2)c1)(C(C)C)C(C)C. The van der Waals surface area contributed by atoms with Crippen LogP contribution in [-0.2, 0) is 0 Å².